The molecular formula is C79H131NO13. The van der Waals surface area contributed by atoms with E-state index in [4.69, 9.17) is 18.9 Å². The van der Waals surface area contributed by atoms with Crippen LogP contribution in [0.3, 0.4) is 0 Å². The van der Waals surface area contributed by atoms with Gasteiger partial charge in [-0.1, -0.05) is 282 Å². The maximum Gasteiger partial charge on any atom is 0.220 e. The van der Waals surface area contributed by atoms with Gasteiger partial charge in [-0.05, 0) is 109 Å². The van der Waals surface area contributed by atoms with Gasteiger partial charge in [-0.3, -0.25) is 4.79 Å². The van der Waals surface area contributed by atoms with E-state index in [1.165, 1.54) is 128 Å². The molecule has 2 aliphatic rings. The number of hydrogen-bond acceptors (Lipinski definition) is 13. The lowest BCUT2D eigenvalue weighted by Gasteiger charge is -2.46. The van der Waals surface area contributed by atoms with Crippen LogP contribution in [0.15, 0.2) is 146 Å². The third-order valence-corrected chi connectivity index (χ3v) is 16.8. The molecule has 9 N–H and O–H groups in total. The second kappa shape index (κ2) is 61.5. The second-order valence-corrected chi connectivity index (χ2v) is 25.0. The van der Waals surface area contributed by atoms with E-state index in [1.807, 2.05) is 6.08 Å². The Labute approximate surface area is 563 Å². The number of nitrogens with one attached hydrogen (secondary N) is 1. The maximum absolute atomic E-state index is 13.3. The summed E-state index contributed by atoms with van der Waals surface area (Å²) in [4.78, 5) is 13.3. The van der Waals surface area contributed by atoms with Gasteiger partial charge in [-0.2, -0.15) is 0 Å². The lowest BCUT2D eigenvalue weighted by molar-refractivity contribution is -0.359. The van der Waals surface area contributed by atoms with E-state index >= 15 is 0 Å². The monoisotopic (exact) mass is 1300 g/mol. The molecule has 14 heteroatoms. The topological polar surface area (TPSA) is 228 Å². The summed E-state index contributed by atoms with van der Waals surface area (Å²) in [6.45, 7) is 2.65. The van der Waals surface area contributed by atoms with Crippen LogP contribution in [-0.2, 0) is 23.7 Å². The molecule has 2 rings (SSSR count). The van der Waals surface area contributed by atoms with Crippen molar-refractivity contribution in [2.45, 2.75) is 325 Å². The molecule has 0 aromatic heterocycles. The summed E-state index contributed by atoms with van der Waals surface area (Å²) in [7, 11) is 0. The highest BCUT2D eigenvalue weighted by Crippen LogP contribution is 2.30. The van der Waals surface area contributed by atoms with Crippen molar-refractivity contribution in [2.75, 3.05) is 19.8 Å². The average Bonchev–Trinajstić information content (AvgIpc) is 0.852. The SMILES string of the molecule is CC/C=C\C/C=C\C/C=C\C/C=C\C/C=C\C/C=C\C/C=C\C/C=C\C/C=C\C/C=C\CCCCC(=O)NC(COC1OC(CO)C(OC2OC(CO)C(O)C(O)C2O)C(O)C1O)C(O)/C=C/CC/C=C/CCCCCCCCCCCCCCCCCCCCCC. The number of carbonyl (C=O) groups is 1. The molecule has 2 heterocycles. The van der Waals surface area contributed by atoms with Crippen LogP contribution in [0, 0.1) is 0 Å². The molecule has 0 aromatic carbocycles. The number of ether oxygens (including phenoxy) is 4. The normalized spacial score (nSPS) is 23.5. The number of rotatable bonds is 58. The zero-order valence-corrected chi connectivity index (χ0v) is 57.7. The van der Waals surface area contributed by atoms with E-state index < -0.39 is 86.8 Å². The van der Waals surface area contributed by atoms with Gasteiger partial charge >= 0.3 is 0 Å². The van der Waals surface area contributed by atoms with Gasteiger partial charge in [-0.15, -0.1) is 0 Å². The van der Waals surface area contributed by atoms with Crippen LogP contribution < -0.4 is 5.32 Å². The van der Waals surface area contributed by atoms with E-state index in [1.54, 1.807) is 6.08 Å². The number of hydrogen-bond donors (Lipinski definition) is 9. The van der Waals surface area contributed by atoms with Crippen molar-refractivity contribution in [3.05, 3.63) is 146 Å². The Morgan fingerprint density at radius 1 is 0.398 bits per heavy atom. The Bertz CT molecular complexity index is 2120. The van der Waals surface area contributed by atoms with Crippen molar-refractivity contribution >= 4 is 5.91 Å². The Kier molecular flexibility index (Phi) is 56.1. The Balaban J connectivity index is 1.72. The lowest BCUT2D eigenvalue weighted by Crippen LogP contribution is -2.65. The summed E-state index contributed by atoms with van der Waals surface area (Å²) in [6, 6.07) is -0.968. The van der Waals surface area contributed by atoms with Crippen molar-refractivity contribution in [1.29, 1.82) is 0 Å². The highest BCUT2D eigenvalue weighted by molar-refractivity contribution is 5.76. The number of aliphatic hydroxyl groups is 8. The fourth-order valence-electron chi connectivity index (χ4n) is 11.0. The predicted molar refractivity (Wildman–Crippen MR) is 382 cm³/mol. The van der Waals surface area contributed by atoms with Gasteiger partial charge in [-0.25, -0.2) is 0 Å². The molecule has 0 aromatic rings. The van der Waals surface area contributed by atoms with Crippen molar-refractivity contribution in [2.24, 2.45) is 0 Å². The number of aliphatic hydroxyl groups excluding tert-OH is 8. The quantitative estimate of drug-likeness (QED) is 0.0204. The summed E-state index contributed by atoms with van der Waals surface area (Å²) >= 11 is 0. The Morgan fingerprint density at radius 2 is 0.753 bits per heavy atom. The Morgan fingerprint density at radius 3 is 1.18 bits per heavy atom. The Hall–Kier alpha value is -4.13. The van der Waals surface area contributed by atoms with Crippen molar-refractivity contribution in [3.8, 4) is 0 Å². The molecule has 0 radical (unpaired) electrons. The van der Waals surface area contributed by atoms with Gasteiger partial charge in [0, 0.05) is 6.42 Å². The number of allylic oxidation sites excluding steroid dienone is 23. The minimum Gasteiger partial charge on any atom is -0.394 e. The van der Waals surface area contributed by atoms with Gasteiger partial charge < -0.3 is 65.1 Å². The van der Waals surface area contributed by atoms with Gasteiger partial charge in [0.25, 0.3) is 0 Å². The lowest BCUT2D eigenvalue weighted by atomic mass is 9.97. The van der Waals surface area contributed by atoms with Crippen LogP contribution in [0.25, 0.3) is 0 Å². The second-order valence-electron chi connectivity index (χ2n) is 25.0. The molecule has 0 spiro atoms. The maximum atomic E-state index is 13.3. The van der Waals surface area contributed by atoms with E-state index in [2.05, 4.69) is 153 Å². The summed E-state index contributed by atoms with van der Waals surface area (Å²) in [5.41, 5.74) is 0. The highest BCUT2D eigenvalue weighted by atomic mass is 16.7. The molecule has 2 aliphatic heterocycles. The van der Waals surface area contributed by atoms with Crippen LogP contribution in [0.5, 0.6) is 0 Å². The van der Waals surface area contributed by atoms with Crippen LogP contribution >= 0.6 is 0 Å². The first-order valence-corrected chi connectivity index (χ1v) is 36.6. The smallest absolute Gasteiger partial charge is 0.220 e. The molecule has 12 atom stereocenters. The predicted octanol–water partition coefficient (Wildman–Crippen LogP) is 15.6. The molecule has 0 saturated carbocycles. The molecule has 14 nitrogen and oxygen atoms in total. The first-order chi connectivity index (χ1) is 45.6. The van der Waals surface area contributed by atoms with Crippen LogP contribution in [0.2, 0.25) is 0 Å². The number of carbonyl (C=O) groups excluding carboxylic acids is 1. The van der Waals surface area contributed by atoms with Crippen molar-refractivity contribution < 1.29 is 64.6 Å². The molecule has 2 fully saturated rings. The molecule has 1 amide bonds. The molecule has 0 bridgehead atoms. The minimum atomic E-state index is -1.80. The standard InChI is InChI=1S/C79H131NO13/c1-3-5-7-9-11-13-15-17-19-21-23-25-27-29-31-32-33-34-35-36-37-39-41-43-45-47-49-51-53-55-57-59-61-63-71(84)80-67(66-90-78-76(89)74(87)77(70(65-82)92-78)93-79-75(88)73(86)72(85)69(64-81)91-79)68(83)62-60-58-56-54-52-50-48-46-44-42-40-38-30-28-26-24-22-20-18-16-14-12-10-8-6-4-2/h5,7,11,13,17,19,23,25,29,31,33-34,36-37,41,43,47,49,52-55,60,62,67-70,72-79,81-83,85-89H,3-4,6,8-10,12,14-16,18,20-22,24,26-28,30,32,35,38-40,42,44-46,48,50-51,56-59,61,63-66H2,1-2H3,(H,80,84)/b7-5-,13-11-,19-17-,25-23-,31-29-,34-33-,37-36-,43-41-,49-47-,54-52+,55-53-,62-60+. The molecule has 2 saturated heterocycles. The molecule has 0 aliphatic carbocycles. The zero-order valence-electron chi connectivity index (χ0n) is 57.7. The summed E-state index contributed by atoms with van der Waals surface area (Å²) in [5.74, 6) is -0.296. The third kappa shape index (κ3) is 45.1. The van der Waals surface area contributed by atoms with Crippen LogP contribution in [0.4, 0.5) is 0 Å². The van der Waals surface area contributed by atoms with Crippen molar-refractivity contribution in [3.63, 3.8) is 0 Å². The molecule has 93 heavy (non-hydrogen) atoms. The summed E-state index contributed by atoms with van der Waals surface area (Å²) in [6.07, 6.45) is 76.2. The van der Waals surface area contributed by atoms with Gasteiger partial charge in [0.1, 0.15) is 48.8 Å². The first kappa shape index (κ1) is 85.0. The average molecular weight is 1300 g/mol. The number of unbranched alkanes of at least 4 members (excludes halogenated alkanes) is 23. The summed E-state index contributed by atoms with van der Waals surface area (Å²) in [5, 5.41) is 87.4. The van der Waals surface area contributed by atoms with Crippen molar-refractivity contribution in [1.82, 2.24) is 5.32 Å². The van der Waals surface area contributed by atoms with Gasteiger partial charge in [0.05, 0.1) is 32.0 Å². The molecular weight excluding hydrogens is 1170 g/mol. The van der Waals surface area contributed by atoms with Gasteiger partial charge in [0.2, 0.25) is 5.91 Å². The van der Waals surface area contributed by atoms with Crippen LogP contribution in [-0.4, -0.2) is 140 Å². The van der Waals surface area contributed by atoms with E-state index in [9.17, 15) is 45.6 Å². The highest BCUT2D eigenvalue weighted by Gasteiger charge is 2.51. The third-order valence-electron chi connectivity index (χ3n) is 16.8. The fraction of sp³-hybridized carbons (Fsp3) is 0.684. The minimum absolute atomic E-state index is 0.208. The summed E-state index contributed by atoms with van der Waals surface area (Å²) < 4.78 is 22.8. The number of amides is 1. The largest absolute Gasteiger partial charge is 0.394 e. The van der Waals surface area contributed by atoms with Gasteiger partial charge in [0.15, 0.2) is 12.6 Å². The first-order valence-electron chi connectivity index (χ1n) is 36.6. The van der Waals surface area contributed by atoms with E-state index in [0.29, 0.717) is 12.8 Å². The fourth-order valence-corrected chi connectivity index (χ4v) is 11.0. The van der Waals surface area contributed by atoms with Crippen LogP contribution in [0.1, 0.15) is 251 Å². The molecule has 530 valence electrons. The zero-order chi connectivity index (χ0) is 67.3. The molecule has 12 unspecified atom stereocenters. The van der Waals surface area contributed by atoms with E-state index in [-0.39, 0.29) is 18.9 Å². The van der Waals surface area contributed by atoms with E-state index in [0.717, 1.165) is 89.9 Å².